The average Bonchev–Trinajstić information content (AvgIpc) is 2.57. The Bertz CT molecular complexity index is 528. The van der Waals surface area contributed by atoms with Gasteiger partial charge in [-0.3, -0.25) is 4.79 Å². The topological polar surface area (TPSA) is 53.1 Å². The molecule has 2 aromatic rings. The number of aromatic amines is 1. The van der Waals surface area contributed by atoms with Gasteiger partial charge in [0.15, 0.2) is 0 Å². The largest absolute Gasteiger partial charge is 0.481 e. The molecule has 1 heterocycles. The minimum Gasteiger partial charge on any atom is -0.481 e. The molecule has 84 valence electrons. The lowest BCUT2D eigenvalue weighted by Crippen LogP contribution is -2.12. The van der Waals surface area contributed by atoms with Crippen LogP contribution in [-0.2, 0) is 11.2 Å². The van der Waals surface area contributed by atoms with Crippen LogP contribution in [0, 0.1) is 12.8 Å². The summed E-state index contributed by atoms with van der Waals surface area (Å²) in [6.07, 6.45) is 0.579. The fraction of sp³-hybridized carbons (Fsp3) is 0.308. The smallest absolute Gasteiger partial charge is 0.306 e. The maximum Gasteiger partial charge on any atom is 0.306 e. The van der Waals surface area contributed by atoms with Crippen molar-refractivity contribution in [3.63, 3.8) is 0 Å². The number of carboxylic acids is 1. The van der Waals surface area contributed by atoms with E-state index >= 15 is 0 Å². The highest BCUT2D eigenvalue weighted by atomic mass is 16.4. The number of carbonyl (C=O) groups is 1. The first-order valence-electron chi connectivity index (χ1n) is 5.37. The van der Waals surface area contributed by atoms with Crippen LogP contribution in [0.1, 0.15) is 18.2 Å². The summed E-state index contributed by atoms with van der Waals surface area (Å²) in [5, 5.41) is 10.0. The Labute approximate surface area is 94.1 Å². The van der Waals surface area contributed by atoms with Gasteiger partial charge < -0.3 is 10.1 Å². The average molecular weight is 217 g/mol. The number of H-pyrrole nitrogens is 1. The molecule has 1 aromatic heterocycles. The number of hydrogen-bond acceptors (Lipinski definition) is 1. The van der Waals surface area contributed by atoms with Crippen molar-refractivity contribution in [3.8, 4) is 0 Å². The van der Waals surface area contributed by atoms with Crippen molar-refractivity contribution in [2.45, 2.75) is 20.3 Å². The standard InChI is InChI=1S/C13H15NO2/c1-8(13(15)16)5-10-3-4-12-11(7-10)6-9(2)14-12/h3-4,6-8,14H,5H2,1-2H3,(H,15,16). The van der Waals surface area contributed by atoms with Gasteiger partial charge in [-0.05, 0) is 42.5 Å². The van der Waals surface area contributed by atoms with Crippen LogP contribution >= 0.6 is 0 Å². The van der Waals surface area contributed by atoms with Gasteiger partial charge in [0.2, 0.25) is 0 Å². The molecule has 0 spiro atoms. The normalized spacial score (nSPS) is 12.9. The van der Waals surface area contributed by atoms with Crippen molar-refractivity contribution in [1.82, 2.24) is 4.98 Å². The predicted molar refractivity (Wildman–Crippen MR) is 63.5 cm³/mol. The van der Waals surface area contributed by atoms with Crippen LogP contribution in [0.25, 0.3) is 10.9 Å². The van der Waals surface area contributed by atoms with E-state index in [-0.39, 0.29) is 5.92 Å². The van der Waals surface area contributed by atoms with Crippen molar-refractivity contribution in [2.24, 2.45) is 5.92 Å². The third kappa shape index (κ3) is 2.08. The quantitative estimate of drug-likeness (QED) is 0.830. The van der Waals surface area contributed by atoms with Crippen molar-refractivity contribution in [1.29, 1.82) is 0 Å². The number of aliphatic carboxylic acids is 1. The zero-order valence-electron chi connectivity index (χ0n) is 9.45. The predicted octanol–water partition coefficient (Wildman–Crippen LogP) is 2.74. The molecule has 0 fully saturated rings. The zero-order valence-corrected chi connectivity index (χ0v) is 9.45. The van der Waals surface area contributed by atoms with E-state index in [1.54, 1.807) is 6.92 Å². The fourth-order valence-corrected chi connectivity index (χ4v) is 1.90. The van der Waals surface area contributed by atoms with E-state index < -0.39 is 5.97 Å². The van der Waals surface area contributed by atoms with E-state index in [2.05, 4.69) is 17.1 Å². The zero-order chi connectivity index (χ0) is 11.7. The minimum atomic E-state index is -0.745. The summed E-state index contributed by atoms with van der Waals surface area (Å²) in [5.41, 5.74) is 3.30. The number of aryl methyl sites for hydroxylation is 1. The summed E-state index contributed by atoms with van der Waals surface area (Å²) in [5.74, 6) is -1.08. The molecular weight excluding hydrogens is 202 g/mol. The van der Waals surface area contributed by atoms with Gasteiger partial charge in [0.05, 0.1) is 5.92 Å². The van der Waals surface area contributed by atoms with Gasteiger partial charge >= 0.3 is 5.97 Å². The maximum absolute atomic E-state index is 10.8. The highest BCUT2D eigenvalue weighted by molar-refractivity contribution is 5.81. The van der Waals surface area contributed by atoms with Crippen LogP contribution in [0.15, 0.2) is 24.3 Å². The number of benzene rings is 1. The van der Waals surface area contributed by atoms with Crippen molar-refractivity contribution < 1.29 is 9.90 Å². The number of carboxylic acid groups (broad SMARTS) is 1. The molecule has 0 saturated heterocycles. The van der Waals surface area contributed by atoms with E-state index in [0.29, 0.717) is 6.42 Å². The van der Waals surface area contributed by atoms with Gasteiger partial charge in [0, 0.05) is 11.2 Å². The molecule has 0 amide bonds. The summed E-state index contributed by atoms with van der Waals surface area (Å²) in [6.45, 7) is 3.74. The van der Waals surface area contributed by atoms with Gasteiger partial charge in [-0.1, -0.05) is 13.0 Å². The Kier molecular flexibility index (Phi) is 2.69. The number of hydrogen-bond donors (Lipinski definition) is 2. The molecule has 2 N–H and O–H groups in total. The van der Waals surface area contributed by atoms with E-state index in [1.165, 1.54) is 0 Å². The van der Waals surface area contributed by atoms with Crippen molar-refractivity contribution in [2.75, 3.05) is 0 Å². The summed E-state index contributed by atoms with van der Waals surface area (Å²) in [6, 6.07) is 8.12. The maximum atomic E-state index is 10.8. The lowest BCUT2D eigenvalue weighted by molar-refractivity contribution is -0.141. The van der Waals surface area contributed by atoms with Crippen LogP contribution in [-0.4, -0.2) is 16.1 Å². The third-order valence-corrected chi connectivity index (χ3v) is 2.78. The van der Waals surface area contributed by atoms with Gasteiger partial charge in [0.25, 0.3) is 0 Å². The van der Waals surface area contributed by atoms with Crippen LogP contribution in [0.5, 0.6) is 0 Å². The summed E-state index contributed by atoms with van der Waals surface area (Å²) >= 11 is 0. The number of aromatic nitrogens is 1. The molecule has 0 aliphatic rings. The van der Waals surface area contributed by atoms with E-state index in [1.807, 2.05) is 19.1 Å². The molecular formula is C13H15NO2. The Balaban J connectivity index is 2.28. The van der Waals surface area contributed by atoms with Gasteiger partial charge in [-0.15, -0.1) is 0 Å². The number of nitrogens with one attached hydrogen (secondary N) is 1. The molecule has 16 heavy (non-hydrogen) atoms. The molecule has 0 bridgehead atoms. The van der Waals surface area contributed by atoms with Crippen molar-refractivity contribution in [3.05, 3.63) is 35.5 Å². The highest BCUT2D eigenvalue weighted by Crippen LogP contribution is 2.18. The summed E-state index contributed by atoms with van der Waals surface area (Å²) in [7, 11) is 0. The van der Waals surface area contributed by atoms with Gasteiger partial charge in [0.1, 0.15) is 0 Å². The second kappa shape index (κ2) is 4.00. The fourth-order valence-electron chi connectivity index (χ4n) is 1.90. The first kappa shape index (κ1) is 10.7. The first-order valence-corrected chi connectivity index (χ1v) is 5.37. The number of fused-ring (bicyclic) bond motifs is 1. The van der Waals surface area contributed by atoms with Gasteiger partial charge in [-0.25, -0.2) is 0 Å². The molecule has 2 rings (SSSR count). The van der Waals surface area contributed by atoms with Gasteiger partial charge in [-0.2, -0.15) is 0 Å². The van der Waals surface area contributed by atoms with Crippen LogP contribution in [0.4, 0.5) is 0 Å². The Morgan fingerprint density at radius 1 is 1.44 bits per heavy atom. The van der Waals surface area contributed by atoms with Crippen LogP contribution in [0.2, 0.25) is 0 Å². The molecule has 1 aromatic carbocycles. The molecule has 1 unspecified atom stereocenters. The SMILES string of the molecule is Cc1cc2cc(CC(C)C(=O)O)ccc2[nH]1. The second-order valence-corrected chi connectivity index (χ2v) is 4.32. The first-order chi connectivity index (χ1) is 7.56. The van der Waals surface area contributed by atoms with E-state index in [4.69, 9.17) is 5.11 Å². The molecule has 0 saturated carbocycles. The molecule has 1 atom stereocenters. The molecule has 0 aliphatic heterocycles. The Morgan fingerprint density at radius 2 is 2.19 bits per heavy atom. The highest BCUT2D eigenvalue weighted by Gasteiger charge is 2.11. The molecule has 3 heteroatoms. The van der Waals surface area contributed by atoms with E-state index in [0.717, 1.165) is 22.2 Å². The van der Waals surface area contributed by atoms with Crippen molar-refractivity contribution >= 4 is 16.9 Å². The Hall–Kier alpha value is -1.77. The van der Waals surface area contributed by atoms with Crippen LogP contribution in [0.3, 0.4) is 0 Å². The van der Waals surface area contributed by atoms with E-state index in [9.17, 15) is 4.79 Å². The number of rotatable bonds is 3. The van der Waals surface area contributed by atoms with Crippen LogP contribution < -0.4 is 0 Å². The molecule has 3 nitrogen and oxygen atoms in total. The lowest BCUT2D eigenvalue weighted by atomic mass is 10.0. The molecule has 0 radical (unpaired) electrons. The Morgan fingerprint density at radius 3 is 2.88 bits per heavy atom. The lowest BCUT2D eigenvalue weighted by Gasteiger charge is -2.05. The third-order valence-electron chi connectivity index (χ3n) is 2.78. The second-order valence-electron chi connectivity index (χ2n) is 4.32. The summed E-state index contributed by atoms with van der Waals surface area (Å²) in [4.78, 5) is 14.0. The minimum absolute atomic E-state index is 0.336. The molecule has 0 aliphatic carbocycles. The summed E-state index contributed by atoms with van der Waals surface area (Å²) < 4.78 is 0. The monoisotopic (exact) mass is 217 g/mol.